The van der Waals surface area contributed by atoms with E-state index in [0.29, 0.717) is 12.2 Å². The summed E-state index contributed by atoms with van der Waals surface area (Å²) in [7, 11) is 0. The first-order valence-corrected chi connectivity index (χ1v) is 5.07. The number of fused-ring (bicyclic) bond motifs is 1. The van der Waals surface area contributed by atoms with Gasteiger partial charge in [-0.1, -0.05) is 0 Å². The standard InChI is InChI=1S/C8H7NO4S/c10-4-13-8(12)5-1-2-14-7-3-6(11)9(5)7/h1,4,7H,2-3H2/t7-/m1/s1. The van der Waals surface area contributed by atoms with Gasteiger partial charge in [-0.25, -0.2) is 4.79 Å². The Morgan fingerprint density at radius 2 is 2.50 bits per heavy atom. The zero-order valence-corrected chi connectivity index (χ0v) is 7.95. The number of β-lactam (4-membered cyclic amide) rings is 1. The third-order valence-corrected chi connectivity index (χ3v) is 3.22. The highest BCUT2D eigenvalue weighted by atomic mass is 32.2. The van der Waals surface area contributed by atoms with Crippen LogP contribution in [0.1, 0.15) is 6.42 Å². The Hall–Kier alpha value is -1.30. The average molecular weight is 213 g/mol. The van der Waals surface area contributed by atoms with Crippen molar-refractivity contribution in [3.8, 4) is 0 Å². The van der Waals surface area contributed by atoms with E-state index >= 15 is 0 Å². The fourth-order valence-electron chi connectivity index (χ4n) is 1.43. The average Bonchev–Trinajstić information content (AvgIpc) is 2.16. The third kappa shape index (κ3) is 1.31. The largest absolute Gasteiger partial charge is 0.391 e. The summed E-state index contributed by atoms with van der Waals surface area (Å²) < 4.78 is 4.19. The van der Waals surface area contributed by atoms with Gasteiger partial charge in [-0.2, -0.15) is 0 Å². The first-order chi connectivity index (χ1) is 6.74. The van der Waals surface area contributed by atoms with E-state index in [0.717, 1.165) is 0 Å². The molecule has 2 heterocycles. The van der Waals surface area contributed by atoms with Crippen molar-refractivity contribution in [3.05, 3.63) is 11.8 Å². The summed E-state index contributed by atoms with van der Waals surface area (Å²) in [5, 5.41) is 0.0432. The number of carbonyl (C=O) groups is 3. The predicted molar refractivity (Wildman–Crippen MR) is 47.9 cm³/mol. The smallest absolute Gasteiger partial charge is 0.362 e. The van der Waals surface area contributed by atoms with Crippen molar-refractivity contribution in [2.75, 3.05) is 5.75 Å². The fourth-order valence-corrected chi connectivity index (χ4v) is 2.55. The molecular formula is C8H7NO4S. The zero-order valence-electron chi connectivity index (χ0n) is 7.13. The van der Waals surface area contributed by atoms with Gasteiger partial charge in [0.05, 0.1) is 11.8 Å². The van der Waals surface area contributed by atoms with Gasteiger partial charge >= 0.3 is 12.4 Å². The molecule has 0 bridgehead atoms. The van der Waals surface area contributed by atoms with E-state index in [1.807, 2.05) is 0 Å². The quantitative estimate of drug-likeness (QED) is 0.277. The maximum Gasteiger partial charge on any atom is 0.362 e. The summed E-state index contributed by atoms with van der Waals surface area (Å²) in [6.45, 7) is 0.0736. The molecule has 2 aliphatic rings. The number of esters is 1. The van der Waals surface area contributed by atoms with Crippen molar-refractivity contribution < 1.29 is 19.1 Å². The Labute approximate surface area is 84.1 Å². The van der Waals surface area contributed by atoms with Crippen LogP contribution in [0.5, 0.6) is 0 Å². The van der Waals surface area contributed by atoms with Crippen LogP contribution in [0.2, 0.25) is 0 Å². The van der Waals surface area contributed by atoms with E-state index in [4.69, 9.17) is 0 Å². The highest BCUT2D eigenvalue weighted by Gasteiger charge is 2.43. The highest BCUT2D eigenvalue weighted by Crippen LogP contribution is 2.36. The molecule has 2 aliphatic heterocycles. The minimum Gasteiger partial charge on any atom is -0.391 e. The van der Waals surface area contributed by atoms with E-state index in [9.17, 15) is 14.4 Å². The molecule has 0 spiro atoms. The maximum absolute atomic E-state index is 11.2. The van der Waals surface area contributed by atoms with Gasteiger partial charge in [0, 0.05) is 5.75 Å². The van der Waals surface area contributed by atoms with Crippen molar-refractivity contribution >= 4 is 30.1 Å². The van der Waals surface area contributed by atoms with Crippen molar-refractivity contribution in [1.82, 2.24) is 4.90 Å². The first kappa shape index (κ1) is 9.26. The fraction of sp³-hybridized carbons (Fsp3) is 0.375. The van der Waals surface area contributed by atoms with Gasteiger partial charge in [-0.15, -0.1) is 11.8 Å². The Balaban J connectivity index is 2.16. The van der Waals surface area contributed by atoms with E-state index in [-0.39, 0.29) is 23.5 Å². The molecule has 1 amide bonds. The number of thioether (sulfide) groups is 1. The Kier molecular flexibility index (Phi) is 2.28. The second kappa shape index (κ2) is 3.45. The third-order valence-electron chi connectivity index (χ3n) is 2.10. The van der Waals surface area contributed by atoms with Gasteiger partial charge in [0.2, 0.25) is 5.91 Å². The van der Waals surface area contributed by atoms with Gasteiger partial charge in [0.15, 0.2) is 0 Å². The number of amides is 1. The van der Waals surface area contributed by atoms with Crippen LogP contribution in [0.15, 0.2) is 11.8 Å². The molecule has 0 aliphatic carbocycles. The number of nitrogens with zero attached hydrogens (tertiary/aromatic N) is 1. The Bertz CT molecular complexity index is 338. The summed E-state index contributed by atoms with van der Waals surface area (Å²) in [6, 6.07) is 0. The minimum absolute atomic E-state index is 0.0432. The second-order valence-electron chi connectivity index (χ2n) is 2.85. The van der Waals surface area contributed by atoms with E-state index in [1.54, 1.807) is 17.8 Å². The molecule has 5 nitrogen and oxygen atoms in total. The molecule has 0 saturated carbocycles. The van der Waals surface area contributed by atoms with Crippen LogP contribution >= 0.6 is 11.8 Å². The van der Waals surface area contributed by atoms with Crippen LogP contribution in [0.3, 0.4) is 0 Å². The summed E-state index contributed by atoms with van der Waals surface area (Å²) in [6.07, 6.45) is 2.06. The molecule has 1 atom stereocenters. The lowest BCUT2D eigenvalue weighted by atomic mass is 10.1. The molecule has 1 fully saturated rings. The zero-order chi connectivity index (χ0) is 10.1. The Morgan fingerprint density at radius 3 is 3.14 bits per heavy atom. The molecule has 74 valence electrons. The number of hydrogen-bond donors (Lipinski definition) is 0. The first-order valence-electron chi connectivity index (χ1n) is 4.02. The van der Waals surface area contributed by atoms with Crippen molar-refractivity contribution in [2.24, 2.45) is 0 Å². The van der Waals surface area contributed by atoms with Crippen LogP contribution < -0.4 is 0 Å². The van der Waals surface area contributed by atoms with Crippen LogP contribution in [-0.4, -0.2) is 34.4 Å². The minimum atomic E-state index is -0.752. The van der Waals surface area contributed by atoms with Crippen LogP contribution in [0.4, 0.5) is 0 Å². The van der Waals surface area contributed by atoms with Gasteiger partial charge in [0.25, 0.3) is 0 Å². The van der Waals surface area contributed by atoms with Crippen LogP contribution in [0, 0.1) is 0 Å². The van der Waals surface area contributed by atoms with E-state index in [1.165, 1.54) is 4.90 Å². The van der Waals surface area contributed by atoms with E-state index in [2.05, 4.69) is 4.74 Å². The number of hydrogen-bond acceptors (Lipinski definition) is 5. The van der Waals surface area contributed by atoms with E-state index < -0.39 is 5.97 Å². The van der Waals surface area contributed by atoms with Crippen LogP contribution in [0.25, 0.3) is 0 Å². The molecule has 1 saturated heterocycles. The number of ether oxygens (including phenoxy) is 1. The lowest BCUT2D eigenvalue weighted by molar-refractivity contribution is -0.154. The van der Waals surface area contributed by atoms with Gasteiger partial charge in [-0.3, -0.25) is 14.5 Å². The summed E-state index contributed by atoms with van der Waals surface area (Å²) in [4.78, 5) is 33.7. The van der Waals surface area contributed by atoms with Crippen molar-refractivity contribution in [2.45, 2.75) is 11.8 Å². The molecule has 2 rings (SSSR count). The summed E-state index contributed by atoms with van der Waals surface area (Å²) in [5.74, 6) is -0.188. The molecule has 0 aromatic heterocycles. The molecule has 0 aromatic rings. The molecule has 0 N–H and O–H groups in total. The van der Waals surface area contributed by atoms with Crippen LogP contribution in [-0.2, 0) is 19.1 Å². The molecular weight excluding hydrogens is 206 g/mol. The van der Waals surface area contributed by atoms with Gasteiger partial charge in [-0.05, 0) is 6.08 Å². The van der Waals surface area contributed by atoms with Gasteiger partial charge < -0.3 is 4.74 Å². The molecule has 14 heavy (non-hydrogen) atoms. The van der Waals surface area contributed by atoms with Crippen molar-refractivity contribution in [3.63, 3.8) is 0 Å². The molecule has 6 heteroatoms. The lowest BCUT2D eigenvalue weighted by Crippen LogP contribution is -2.53. The van der Waals surface area contributed by atoms with Crippen molar-refractivity contribution in [1.29, 1.82) is 0 Å². The monoisotopic (exact) mass is 213 g/mol. The second-order valence-corrected chi connectivity index (χ2v) is 4.06. The lowest BCUT2D eigenvalue weighted by Gasteiger charge is -2.42. The number of carbonyl (C=O) groups excluding carboxylic acids is 3. The molecule has 0 radical (unpaired) electrons. The predicted octanol–water partition coefficient (Wildman–Crippen LogP) is -0.125. The summed E-state index contributed by atoms with van der Waals surface area (Å²) >= 11 is 1.59. The highest BCUT2D eigenvalue weighted by molar-refractivity contribution is 8.00. The molecule has 0 aromatic carbocycles. The number of rotatable bonds is 2. The van der Waals surface area contributed by atoms with Gasteiger partial charge in [0.1, 0.15) is 5.70 Å². The maximum atomic E-state index is 11.2. The SMILES string of the molecule is O=COC(=O)C1=CCS[C@@H]2CC(=O)N12. The molecule has 0 unspecified atom stereocenters. The topological polar surface area (TPSA) is 63.7 Å². The normalized spacial score (nSPS) is 24.6. The Morgan fingerprint density at radius 1 is 1.71 bits per heavy atom. The summed E-state index contributed by atoms with van der Waals surface area (Å²) in [5.41, 5.74) is 0.192.